The Balaban J connectivity index is 2.13. The van der Waals surface area contributed by atoms with Gasteiger partial charge in [0.2, 0.25) is 0 Å². The quantitative estimate of drug-likeness (QED) is 0.678. The number of aliphatic carboxylic acids is 1. The van der Waals surface area contributed by atoms with E-state index in [1.54, 1.807) is 0 Å². The zero-order valence-electron chi connectivity index (χ0n) is 10.4. The number of carboxylic acid groups (broad SMARTS) is 1. The maximum Gasteiger partial charge on any atom is 0.407 e. The third-order valence-corrected chi connectivity index (χ3v) is 2.40. The lowest BCUT2D eigenvalue weighted by Gasteiger charge is -2.36. The van der Waals surface area contributed by atoms with Crippen LogP contribution >= 0.6 is 0 Å². The molecule has 0 spiro atoms. The van der Waals surface area contributed by atoms with Crippen LogP contribution in [0.1, 0.15) is 33.6 Å². The van der Waals surface area contributed by atoms with E-state index in [2.05, 4.69) is 10.6 Å². The Kier molecular flexibility index (Phi) is 4.34. The summed E-state index contributed by atoms with van der Waals surface area (Å²) in [5.74, 6) is -0.867. The molecule has 0 heterocycles. The fourth-order valence-corrected chi connectivity index (χ4v) is 1.61. The molecule has 1 amide bonds. The predicted molar refractivity (Wildman–Crippen MR) is 61.8 cm³/mol. The minimum absolute atomic E-state index is 0.0379. The summed E-state index contributed by atoms with van der Waals surface area (Å²) < 4.78 is 5.11. The summed E-state index contributed by atoms with van der Waals surface area (Å²) in [5, 5.41) is 14.1. The second-order valence-electron chi connectivity index (χ2n) is 5.29. The molecule has 6 nitrogen and oxygen atoms in total. The number of nitrogens with one attached hydrogen (secondary N) is 2. The van der Waals surface area contributed by atoms with Gasteiger partial charge >= 0.3 is 12.1 Å². The van der Waals surface area contributed by atoms with Gasteiger partial charge in [0.1, 0.15) is 5.60 Å². The first-order chi connectivity index (χ1) is 7.76. The molecule has 3 N–H and O–H groups in total. The molecule has 98 valence electrons. The minimum Gasteiger partial charge on any atom is -0.480 e. The van der Waals surface area contributed by atoms with Crippen LogP contribution in [0, 0.1) is 0 Å². The highest BCUT2D eigenvalue weighted by molar-refractivity contribution is 5.69. The maximum atomic E-state index is 11.4. The van der Waals surface area contributed by atoms with Crippen LogP contribution in [0.4, 0.5) is 4.79 Å². The first kappa shape index (κ1) is 13.8. The highest BCUT2D eigenvalue weighted by Crippen LogP contribution is 2.20. The second-order valence-corrected chi connectivity index (χ2v) is 5.29. The first-order valence-electron chi connectivity index (χ1n) is 5.71. The van der Waals surface area contributed by atoms with E-state index in [0.717, 1.165) is 12.8 Å². The number of carboxylic acids is 1. The molecule has 0 aromatic heterocycles. The van der Waals surface area contributed by atoms with Gasteiger partial charge < -0.3 is 20.5 Å². The molecule has 0 atom stereocenters. The van der Waals surface area contributed by atoms with Crippen LogP contribution in [-0.2, 0) is 9.53 Å². The molecule has 0 saturated heterocycles. The number of carbonyl (C=O) groups is 2. The van der Waals surface area contributed by atoms with Gasteiger partial charge in [0, 0.05) is 12.1 Å². The average molecular weight is 244 g/mol. The number of hydrogen-bond acceptors (Lipinski definition) is 4. The molecule has 6 heteroatoms. The third kappa shape index (κ3) is 5.53. The summed E-state index contributed by atoms with van der Waals surface area (Å²) in [6.45, 7) is 5.39. The van der Waals surface area contributed by atoms with Crippen LogP contribution in [0.3, 0.4) is 0 Å². The van der Waals surface area contributed by atoms with Crippen molar-refractivity contribution in [2.24, 2.45) is 0 Å². The van der Waals surface area contributed by atoms with Crippen molar-refractivity contribution in [3.63, 3.8) is 0 Å². The lowest BCUT2D eigenvalue weighted by atomic mass is 9.87. The summed E-state index contributed by atoms with van der Waals surface area (Å²) in [6, 6.07) is 0.252. The molecule has 0 radical (unpaired) electrons. The van der Waals surface area contributed by atoms with Gasteiger partial charge in [-0.2, -0.15) is 0 Å². The Morgan fingerprint density at radius 1 is 1.29 bits per heavy atom. The van der Waals surface area contributed by atoms with Crippen molar-refractivity contribution in [1.82, 2.24) is 10.6 Å². The Labute approximate surface area is 101 Å². The zero-order valence-corrected chi connectivity index (χ0v) is 10.4. The lowest BCUT2D eigenvalue weighted by Crippen LogP contribution is -2.53. The van der Waals surface area contributed by atoms with E-state index in [1.165, 1.54) is 0 Å². The average Bonchev–Trinajstić information content (AvgIpc) is 2.04. The number of carbonyl (C=O) groups excluding carboxylic acids is 1. The van der Waals surface area contributed by atoms with Gasteiger partial charge in [0.05, 0.1) is 6.54 Å². The standard InChI is InChI=1S/C11H20N2O4/c1-11(2,3)17-10(16)13-8-4-7(5-8)12-6-9(14)15/h7-8,12H,4-6H2,1-3H3,(H,13,16)(H,14,15). The molecule has 0 aromatic carbocycles. The topological polar surface area (TPSA) is 87.7 Å². The van der Waals surface area contributed by atoms with E-state index in [0.29, 0.717) is 0 Å². The number of rotatable bonds is 4. The van der Waals surface area contributed by atoms with Crippen molar-refractivity contribution in [2.45, 2.75) is 51.3 Å². The van der Waals surface area contributed by atoms with Crippen LogP contribution < -0.4 is 10.6 Å². The van der Waals surface area contributed by atoms with Crippen molar-refractivity contribution in [3.8, 4) is 0 Å². The molecule has 1 fully saturated rings. The van der Waals surface area contributed by atoms with Gasteiger partial charge in [-0.15, -0.1) is 0 Å². The van der Waals surface area contributed by atoms with Crippen molar-refractivity contribution in [2.75, 3.05) is 6.54 Å². The van der Waals surface area contributed by atoms with E-state index < -0.39 is 17.7 Å². The molecule has 17 heavy (non-hydrogen) atoms. The van der Waals surface area contributed by atoms with Crippen molar-refractivity contribution in [1.29, 1.82) is 0 Å². The summed E-state index contributed by atoms with van der Waals surface area (Å²) in [5.41, 5.74) is -0.491. The van der Waals surface area contributed by atoms with Crippen LogP contribution in [-0.4, -0.2) is 41.4 Å². The van der Waals surface area contributed by atoms with Crippen LogP contribution in [0.5, 0.6) is 0 Å². The molecular weight excluding hydrogens is 224 g/mol. The fraction of sp³-hybridized carbons (Fsp3) is 0.818. The summed E-state index contributed by atoms with van der Waals surface area (Å²) in [6.07, 6.45) is 1.07. The second kappa shape index (κ2) is 5.35. The van der Waals surface area contributed by atoms with E-state index in [1.807, 2.05) is 20.8 Å². The highest BCUT2D eigenvalue weighted by atomic mass is 16.6. The Bertz CT molecular complexity index is 292. The van der Waals surface area contributed by atoms with Crippen molar-refractivity contribution >= 4 is 12.1 Å². The third-order valence-electron chi connectivity index (χ3n) is 2.40. The Morgan fingerprint density at radius 2 is 1.88 bits per heavy atom. The van der Waals surface area contributed by atoms with Crippen molar-refractivity contribution in [3.05, 3.63) is 0 Å². The molecule has 0 bridgehead atoms. The number of hydrogen-bond donors (Lipinski definition) is 3. The Hall–Kier alpha value is -1.30. The smallest absolute Gasteiger partial charge is 0.407 e. The molecule has 0 aliphatic heterocycles. The normalized spacial score (nSPS) is 23.7. The van der Waals surface area contributed by atoms with Gasteiger partial charge in [-0.05, 0) is 33.6 Å². The zero-order chi connectivity index (χ0) is 13.1. The van der Waals surface area contributed by atoms with E-state index in [9.17, 15) is 9.59 Å². The van der Waals surface area contributed by atoms with Gasteiger partial charge in [0.25, 0.3) is 0 Å². The van der Waals surface area contributed by atoms with E-state index >= 15 is 0 Å². The van der Waals surface area contributed by atoms with Crippen molar-refractivity contribution < 1.29 is 19.4 Å². The molecule has 0 unspecified atom stereocenters. The molecular formula is C11H20N2O4. The van der Waals surface area contributed by atoms with Crippen LogP contribution in [0.2, 0.25) is 0 Å². The maximum absolute atomic E-state index is 11.4. The fourth-order valence-electron chi connectivity index (χ4n) is 1.61. The van der Waals surface area contributed by atoms with Crippen LogP contribution in [0.25, 0.3) is 0 Å². The van der Waals surface area contributed by atoms with E-state index in [-0.39, 0.29) is 18.6 Å². The predicted octanol–water partition coefficient (Wildman–Crippen LogP) is 0.716. The van der Waals surface area contributed by atoms with Gasteiger partial charge in [-0.25, -0.2) is 4.79 Å². The monoisotopic (exact) mass is 244 g/mol. The van der Waals surface area contributed by atoms with Crippen LogP contribution in [0.15, 0.2) is 0 Å². The highest BCUT2D eigenvalue weighted by Gasteiger charge is 2.31. The van der Waals surface area contributed by atoms with Gasteiger partial charge in [0.15, 0.2) is 0 Å². The molecule has 1 aliphatic rings. The Morgan fingerprint density at radius 3 is 2.35 bits per heavy atom. The number of ether oxygens (including phenoxy) is 1. The summed E-state index contributed by atoms with van der Waals surface area (Å²) in [7, 11) is 0. The first-order valence-corrected chi connectivity index (χ1v) is 5.71. The molecule has 1 aliphatic carbocycles. The minimum atomic E-state index is -0.867. The van der Waals surface area contributed by atoms with E-state index in [4.69, 9.17) is 9.84 Å². The largest absolute Gasteiger partial charge is 0.480 e. The summed E-state index contributed by atoms with van der Waals surface area (Å²) >= 11 is 0. The van der Waals surface area contributed by atoms with Gasteiger partial charge in [-0.1, -0.05) is 0 Å². The molecule has 0 aromatic rings. The number of amides is 1. The summed E-state index contributed by atoms with van der Waals surface area (Å²) in [4.78, 5) is 21.7. The number of alkyl carbamates (subject to hydrolysis) is 1. The molecule has 1 saturated carbocycles. The lowest BCUT2D eigenvalue weighted by molar-refractivity contribution is -0.136. The van der Waals surface area contributed by atoms with Gasteiger partial charge in [-0.3, -0.25) is 4.79 Å². The molecule has 1 rings (SSSR count). The SMILES string of the molecule is CC(C)(C)OC(=O)NC1CC(NCC(=O)O)C1.